The van der Waals surface area contributed by atoms with Gasteiger partial charge < -0.3 is 5.11 Å². The van der Waals surface area contributed by atoms with Crippen molar-refractivity contribution in [2.24, 2.45) is 5.92 Å². The highest BCUT2D eigenvalue weighted by Crippen LogP contribution is 2.43. The predicted octanol–water partition coefficient (Wildman–Crippen LogP) is 6.67. The van der Waals surface area contributed by atoms with Gasteiger partial charge in [0.05, 0.1) is 6.10 Å². The van der Waals surface area contributed by atoms with Crippen LogP contribution in [0.2, 0.25) is 0 Å². The van der Waals surface area contributed by atoms with Crippen LogP contribution in [-0.2, 0) is 0 Å². The lowest BCUT2D eigenvalue weighted by molar-refractivity contribution is 0.151. The number of aryl methyl sites for hydroxylation is 1. The molecule has 0 aliphatic heterocycles. The normalized spacial score (nSPS) is 20.9. The van der Waals surface area contributed by atoms with Gasteiger partial charge in [0.15, 0.2) is 0 Å². The lowest BCUT2D eigenvalue weighted by Gasteiger charge is -2.20. The van der Waals surface area contributed by atoms with Crippen molar-refractivity contribution in [3.05, 3.63) is 74.4 Å². The van der Waals surface area contributed by atoms with E-state index in [-0.39, 0.29) is 6.10 Å². The molecule has 2 atom stereocenters. The van der Waals surface area contributed by atoms with Gasteiger partial charge in [-0.2, -0.15) is 0 Å². The number of hydrogen-bond acceptors (Lipinski definition) is 1. The summed E-state index contributed by atoms with van der Waals surface area (Å²) >= 11 is 4.82. The molecular formula is C21H22I2O. The molecule has 1 nitrogen and oxygen atoms in total. The third-order valence-electron chi connectivity index (χ3n) is 4.85. The third kappa shape index (κ3) is 4.22. The monoisotopic (exact) mass is 544 g/mol. The molecule has 24 heavy (non-hydrogen) atoms. The Balaban J connectivity index is 1.81. The van der Waals surface area contributed by atoms with Gasteiger partial charge >= 0.3 is 0 Å². The third-order valence-corrected chi connectivity index (χ3v) is 7.15. The van der Waals surface area contributed by atoms with Gasteiger partial charge in [-0.05, 0) is 101 Å². The minimum Gasteiger partial charge on any atom is -0.388 e. The first-order valence-corrected chi connectivity index (χ1v) is 10.6. The zero-order valence-electron chi connectivity index (χ0n) is 13.8. The van der Waals surface area contributed by atoms with Crippen LogP contribution in [0.25, 0.3) is 3.58 Å². The molecule has 1 N–H and O–H groups in total. The van der Waals surface area contributed by atoms with Crippen molar-refractivity contribution < 1.29 is 5.11 Å². The maximum Gasteiger partial charge on any atom is 0.0806 e. The van der Waals surface area contributed by atoms with Crippen LogP contribution < -0.4 is 0 Å². The highest BCUT2D eigenvalue weighted by molar-refractivity contribution is 14.1. The first-order valence-electron chi connectivity index (χ1n) is 8.44. The van der Waals surface area contributed by atoms with E-state index < -0.39 is 0 Å². The Kier molecular flexibility index (Phi) is 6.38. The lowest BCUT2D eigenvalue weighted by Crippen LogP contribution is -2.08. The summed E-state index contributed by atoms with van der Waals surface area (Å²) < 4.78 is 2.53. The molecule has 1 aliphatic carbocycles. The topological polar surface area (TPSA) is 20.2 Å². The van der Waals surface area contributed by atoms with Crippen molar-refractivity contribution in [3.8, 4) is 0 Å². The number of benzene rings is 2. The summed E-state index contributed by atoms with van der Waals surface area (Å²) in [5, 5.41) is 10.7. The summed E-state index contributed by atoms with van der Waals surface area (Å²) in [6.45, 7) is 2.12. The number of allylic oxidation sites excluding steroid dienone is 1. The van der Waals surface area contributed by atoms with Gasteiger partial charge in [-0.15, -0.1) is 0 Å². The molecular weight excluding hydrogens is 522 g/mol. The van der Waals surface area contributed by atoms with E-state index in [1.165, 1.54) is 33.1 Å². The van der Waals surface area contributed by atoms with Gasteiger partial charge in [-0.25, -0.2) is 0 Å². The lowest BCUT2D eigenvalue weighted by atomic mass is 9.91. The molecule has 1 aliphatic rings. The van der Waals surface area contributed by atoms with Crippen molar-refractivity contribution in [1.82, 2.24) is 0 Å². The van der Waals surface area contributed by atoms with Gasteiger partial charge in [0.25, 0.3) is 0 Å². The Morgan fingerprint density at radius 2 is 1.88 bits per heavy atom. The van der Waals surface area contributed by atoms with E-state index in [1.807, 2.05) is 12.1 Å². The van der Waals surface area contributed by atoms with Crippen LogP contribution in [0.5, 0.6) is 0 Å². The molecule has 0 spiro atoms. The van der Waals surface area contributed by atoms with Crippen molar-refractivity contribution in [2.75, 3.05) is 0 Å². The average Bonchev–Trinajstić information content (AvgIpc) is 3.03. The highest BCUT2D eigenvalue weighted by Gasteiger charge is 2.27. The fraction of sp³-hybridized carbons (Fsp3) is 0.333. The van der Waals surface area contributed by atoms with E-state index in [2.05, 4.69) is 88.5 Å². The molecule has 3 rings (SSSR count). The molecule has 0 bridgehead atoms. The Bertz CT molecular complexity index is 734. The Hall–Kier alpha value is -0.400. The van der Waals surface area contributed by atoms with E-state index >= 15 is 0 Å². The molecule has 126 valence electrons. The van der Waals surface area contributed by atoms with Crippen molar-refractivity contribution in [1.29, 1.82) is 0 Å². The fourth-order valence-corrected chi connectivity index (χ4v) is 5.31. The first kappa shape index (κ1) is 18.4. The van der Waals surface area contributed by atoms with E-state index in [1.54, 1.807) is 0 Å². The van der Waals surface area contributed by atoms with Crippen LogP contribution in [0.1, 0.15) is 48.5 Å². The molecule has 1 fully saturated rings. The molecule has 0 radical (unpaired) electrons. The summed E-state index contributed by atoms with van der Waals surface area (Å²) in [5.74, 6) is 0.490. The zero-order chi connectivity index (χ0) is 17.1. The van der Waals surface area contributed by atoms with Crippen LogP contribution in [-0.4, -0.2) is 5.11 Å². The Morgan fingerprint density at radius 3 is 2.58 bits per heavy atom. The molecule has 0 amide bonds. The number of halogens is 2. The van der Waals surface area contributed by atoms with E-state index in [9.17, 15) is 5.11 Å². The van der Waals surface area contributed by atoms with E-state index in [0.717, 1.165) is 22.0 Å². The predicted molar refractivity (Wildman–Crippen MR) is 118 cm³/mol. The fourth-order valence-electron chi connectivity index (χ4n) is 3.49. The number of aliphatic hydroxyl groups is 1. The van der Waals surface area contributed by atoms with Crippen molar-refractivity contribution in [2.45, 2.75) is 38.7 Å². The van der Waals surface area contributed by atoms with Crippen molar-refractivity contribution >= 4 is 48.8 Å². The molecule has 0 aromatic heterocycles. The summed E-state index contributed by atoms with van der Waals surface area (Å²) in [6.07, 6.45) is 4.03. The molecule has 1 saturated carbocycles. The zero-order valence-corrected chi connectivity index (χ0v) is 18.1. The highest BCUT2D eigenvalue weighted by atomic mass is 127. The van der Waals surface area contributed by atoms with Gasteiger partial charge in [-0.3, -0.25) is 0 Å². The molecule has 2 aromatic carbocycles. The first-order chi connectivity index (χ1) is 11.6. The number of aliphatic hydroxyl groups excluding tert-OH is 1. The minimum absolute atomic E-state index is 0.376. The summed E-state index contributed by atoms with van der Waals surface area (Å²) in [7, 11) is 0. The van der Waals surface area contributed by atoms with Crippen molar-refractivity contribution in [3.63, 3.8) is 0 Å². The Labute approximate surface area is 171 Å². The summed E-state index contributed by atoms with van der Waals surface area (Å²) in [4.78, 5) is 0. The molecule has 0 unspecified atom stereocenters. The van der Waals surface area contributed by atoms with Gasteiger partial charge in [0, 0.05) is 7.15 Å². The summed E-state index contributed by atoms with van der Waals surface area (Å²) in [5.41, 5.74) is 5.20. The second kappa shape index (κ2) is 8.32. The van der Waals surface area contributed by atoms with Crippen LogP contribution >= 0.6 is 45.2 Å². The second-order valence-corrected chi connectivity index (χ2v) is 8.81. The van der Waals surface area contributed by atoms with E-state index in [0.29, 0.717) is 5.92 Å². The van der Waals surface area contributed by atoms with Crippen LogP contribution in [0.15, 0.2) is 54.1 Å². The van der Waals surface area contributed by atoms with Crippen LogP contribution in [0.4, 0.5) is 0 Å². The smallest absolute Gasteiger partial charge is 0.0806 e. The number of hydrogen-bond donors (Lipinski definition) is 1. The Morgan fingerprint density at radius 1 is 1.17 bits per heavy atom. The maximum atomic E-state index is 10.7. The molecule has 2 aromatic rings. The summed E-state index contributed by atoms with van der Waals surface area (Å²) in [6, 6.07) is 17.0. The van der Waals surface area contributed by atoms with Crippen LogP contribution in [0, 0.1) is 16.4 Å². The molecule has 3 heteroatoms. The maximum absolute atomic E-state index is 10.7. The second-order valence-electron chi connectivity index (χ2n) is 6.57. The van der Waals surface area contributed by atoms with Gasteiger partial charge in [0.1, 0.15) is 0 Å². The average molecular weight is 544 g/mol. The standard InChI is InChI=1S/C21H22I2O/c1-14-9-11-15(12-10-14)21(23)17-7-4-5-16(17)13-20(24)18-6-2-3-8-19(18)22/h2-3,6,8-12,16,20,24H,4-5,7,13H2,1H3/b21-17+/t16-,20-/m0/s1. The minimum atomic E-state index is -0.376. The van der Waals surface area contributed by atoms with Gasteiger partial charge in [0.2, 0.25) is 0 Å². The SMILES string of the molecule is Cc1ccc(/C(I)=C2/CCC[C@H]2C[C@H](O)c2ccccc2I)cc1. The quantitative estimate of drug-likeness (QED) is 0.427. The van der Waals surface area contributed by atoms with E-state index in [4.69, 9.17) is 0 Å². The van der Waals surface area contributed by atoms with Gasteiger partial charge in [-0.1, -0.05) is 53.6 Å². The molecule has 0 saturated heterocycles. The number of rotatable bonds is 4. The molecule has 0 heterocycles. The largest absolute Gasteiger partial charge is 0.388 e. The van der Waals surface area contributed by atoms with Crippen LogP contribution in [0.3, 0.4) is 0 Å².